The number of hydrogen-bond donors (Lipinski definition) is 1. The van der Waals surface area contributed by atoms with Crippen molar-refractivity contribution in [3.63, 3.8) is 0 Å². The molecule has 0 aromatic carbocycles. The molecule has 162 valence electrons. The van der Waals surface area contributed by atoms with E-state index in [-0.39, 0.29) is 6.61 Å². The van der Waals surface area contributed by atoms with Crippen molar-refractivity contribution in [2.24, 2.45) is 0 Å². The molecule has 1 amide bonds. The number of ether oxygens (including phenoxy) is 4. The van der Waals surface area contributed by atoms with Gasteiger partial charge in [0.15, 0.2) is 0 Å². The van der Waals surface area contributed by atoms with Gasteiger partial charge in [0.2, 0.25) is 0 Å². The van der Waals surface area contributed by atoms with Gasteiger partial charge >= 0.3 is 14.9 Å². The summed E-state index contributed by atoms with van der Waals surface area (Å²) >= 11 is 0. The zero-order valence-corrected chi connectivity index (χ0v) is 18.3. The Kier molecular flexibility index (Phi) is 18.1. The molecule has 0 rings (SSSR count). The summed E-state index contributed by atoms with van der Waals surface area (Å²) in [6.45, 7) is 6.00. The summed E-state index contributed by atoms with van der Waals surface area (Å²) in [6, 6.07) is 0.615. The number of hydrogen-bond acceptors (Lipinski definition) is 8. The minimum atomic E-state index is -2.58. The Morgan fingerprint density at radius 1 is 0.778 bits per heavy atom. The predicted molar refractivity (Wildman–Crippen MR) is 103 cm³/mol. The van der Waals surface area contributed by atoms with Gasteiger partial charge < -0.3 is 37.5 Å². The summed E-state index contributed by atoms with van der Waals surface area (Å²) in [7, 11) is 2.11. The van der Waals surface area contributed by atoms with E-state index in [1.165, 1.54) is 0 Å². The van der Waals surface area contributed by atoms with Gasteiger partial charge in [0.05, 0.1) is 33.0 Å². The lowest BCUT2D eigenvalue weighted by atomic mass is 10.4. The summed E-state index contributed by atoms with van der Waals surface area (Å²) in [4.78, 5) is 11.5. The number of amides is 1. The molecule has 0 aromatic rings. The molecule has 0 spiro atoms. The number of unbranched alkanes of at least 4 members (excludes halogenated alkanes) is 1. The summed E-state index contributed by atoms with van der Waals surface area (Å²) in [5.74, 6) is 0. The highest BCUT2D eigenvalue weighted by atomic mass is 28.4. The van der Waals surface area contributed by atoms with Gasteiger partial charge in [-0.2, -0.15) is 0 Å². The molecular weight excluding hydrogens is 374 g/mol. The van der Waals surface area contributed by atoms with Gasteiger partial charge in [-0.05, 0) is 12.8 Å². The second-order valence-corrected chi connectivity index (χ2v) is 8.74. The maximum Gasteiger partial charge on any atom is 0.500 e. The van der Waals surface area contributed by atoms with E-state index < -0.39 is 14.9 Å². The first kappa shape index (κ1) is 26.2. The molecule has 0 radical (unpaired) electrons. The molecule has 0 aromatic heterocycles. The number of alkyl carbamates (subject to hydrolysis) is 1. The van der Waals surface area contributed by atoms with Gasteiger partial charge in [0.1, 0.15) is 6.61 Å². The lowest BCUT2D eigenvalue weighted by Gasteiger charge is -2.24. The van der Waals surface area contributed by atoms with Crippen molar-refractivity contribution in [3.8, 4) is 0 Å². The van der Waals surface area contributed by atoms with Crippen molar-refractivity contribution < 1.29 is 37.0 Å². The van der Waals surface area contributed by atoms with Crippen LogP contribution in [-0.4, -0.2) is 89.0 Å². The number of carbonyl (C=O) groups excluding carboxylic acids is 1. The fourth-order valence-electron chi connectivity index (χ4n) is 2.08. The van der Waals surface area contributed by atoms with Crippen LogP contribution in [0.4, 0.5) is 4.79 Å². The third kappa shape index (κ3) is 14.9. The van der Waals surface area contributed by atoms with Crippen molar-refractivity contribution in [3.05, 3.63) is 0 Å². The van der Waals surface area contributed by atoms with E-state index in [1.807, 2.05) is 0 Å². The van der Waals surface area contributed by atoms with E-state index in [0.29, 0.717) is 52.0 Å². The quantitative estimate of drug-likeness (QED) is 0.254. The molecular formula is C17H37NO8Si. The molecule has 0 heterocycles. The molecule has 10 heteroatoms. The first-order valence-electron chi connectivity index (χ1n) is 9.43. The first-order valence-corrected chi connectivity index (χ1v) is 11.4. The Labute approximate surface area is 164 Å². The van der Waals surface area contributed by atoms with Gasteiger partial charge in [0.25, 0.3) is 0 Å². The smallest absolute Gasteiger partial charge is 0.447 e. The third-order valence-electron chi connectivity index (χ3n) is 3.71. The molecule has 0 fully saturated rings. The van der Waals surface area contributed by atoms with Crippen LogP contribution in [0.1, 0.15) is 26.2 Å². The molecule has 0 aliphatic carbocycles. The molecule has 0 aliphatic heterocycles. The fourth-order valence-corrected chi connectivity index (χ4v) is 3.81. The van der Waals surface area contributed by atoms with E-state index in [4.69, 9.17) is 32.2 Å². The van der Waals surface area contributed by atoms with Crippen LogP contribution in [0.15, 0.2) is 0 Å². The monoisotopic (exact) mass is 411 g/mol. The van der Waals surface area contributed by atoms with Crippen molar-refractivity contribution in [2.75, 3.05) is 74.1 Å². The average molecular weight is 412 g/mol. The third-order valence-corrected chi connectivity index (χ3v) is 6.54. The molecule has 0 saturated heterocycles. The van der Waals surface area contributed by atoms with Gasteiger partial charge in [-0.3, -0.25) is 0 Å². The highest BCUT2D eigenvalue weighted by molar-refractivity contribution is 6.60. The standard InChI is InChI=1S/C17H37NO8Si/c1-5-6-9-23-10-11-24-12-13-25-14-15-26-17(19)18-8-7-16-27(20-2,21-3)22-4/h5-16H2,1-4H3,(H,18,19). The summed E-state index contributed by atoms with van der Waals surface area (Å²) in [6.07, 6.45) is 2.41. The zero-order valence-electron chi connectivity index (χ0n) is 17.3. The van der Waals surface area contributed by atoms with E-state index in [2.05, 4.69) is 12.2 Å². The average Bonchev–Trinajstić information content (AvgIpc) is 2.69. The predicted octanol–water partition coefficient (Wildman–Crippen LogP) is 1.83. The van der Waals surface area contributed by atoms with Gasteiger partial charge in [-0.25, -0.2) is 4.79 Å². The Morgan fingerprint density at radius 2 is 1.30 bits per heavy atom. The highest BCUT2D eigenvalue weighted by Gasteiger charge is 2.36. The lowest BCUT2D eigenvalue weighted by Crippen LogP contribution is -2.43. The van der Waals surface area contributed by atoms with Crippen LogP contribution >= 0.6 is 0 Å². The normalized spacial score (nSPS) is 11.6. The van der Waals surface area contributed by atoms with Crippen LogP contribution < -0.4 is 5.32 Å². The molecule has 0 aliphatic rings. The molecule has 1 N–H and O–H groups in total. The largest absolute Gasteiger partial charge is 0.500 e. The van der Waals surface area contributed by atoms with Crippen LogP contribution in [0, 0.1) is 0 Å². The summed E-state index contributed by atoms with van der Waals surface area (Å²) in [5, 5.41) is 2.67. The zero-order chi connectivity index (χ0) is 20.2. The number of nitrogens with one attached hydrogen (secondary N) is 1. The van der Waals surface area contributed by atoms with E-state index >= 15 is 0 Å². The van der Waals surface area contributed by atoms with Crippen LogP contribution in [0.3, 0.4) is 0 Å². The van der Waals surface area contributed by atoms with Crippen molar-refractivity contribution >= 4 is 14.9 Å². The molecule has 0 bridgehead atoms. The second kappa shape index (κ2) is 18.6. The maximum atomic E-state index is 11.5. The second-order valence-electron chi connectivity index (χ2n) is 5.65. The van der Waals surface area contributed by atoms with Crippen LogP contribution in [-0.2, 0) is 32.2 Å². The summed E-state index contributed by atoms with van der Waals surface area (Å²) in [5.41, 5.74) is 0. The fraction of sp³-hybridized carbons (Fsp3) is 0.941. The Hall–Kier alpha value is -0.753. The Bertz CT molecular complexity index is 337. The minimum absolute atomic E-state index is 0.193. The van der Waals surface area contributed by atoms with E-state index in [1.54, 1.807) is 21.3 Å². The summed E-state index contributed by atoms with van der Waals surface area (Å²) < 4.78 is 37.0. The molecule has 27 heavy (non-hydrogen) atoms. The Morgan fingerprint density at radius 3 is 1.81 bits per heavy atom. The van der Waals surface area contributed by atoms with Crippen molar-refractivity contribution in [1.82, 2.24) is 5.32 Å². The van der Waals surface area contributed by atoms with Gasteiger partial charge in [0, 0.05) is 40.5 Å². The molecule has 0 saturated carbocycles. The first-order chi connectivity index (χ1) is 13.1. The minimum Gasteiger partial charge on any atom is -0.447 e. The number of rotatable bonds is 19. The topological polar surface area (TPSA) is 93.7 Å². The number of carbonyl (C=O) groups is 1. The van der Waals surface area contributed by atoms with Crippen molar-refractivity contribution in [1.29, 1.82) is 0 Å². The van der Waals surface area contributed by atoms with E-state index in [9.17, 15) is 4.79 Å². The lowest BCUT2D eigenvalue weighted by molar-refractivity contribution is 0.00537. The maximum absolute atomic E-state index is 11.5. The Balaban J connectivity index is 3.40. The van der Waals surface area contributed by atoms with Crippen LogP contribution in [0.25, 0.3) is 0 Å². The molecule has 0 atom stereocenters. The van der Waals surface area contributed by atoms with Crippen molar-refractivity contribution in [2.45, 2.75) is 32.2 Å². The molecule has 0 unspecified atom stereocenters. The molecule has 9 nitrogen and oxygen atoms in total. The van der Waals surface area contributed by atoms with Crippen LogP contribution in [0.2, 0.25) is 6.04 Å². The van der Waals surface area contributed by atoms with Crippen LogP contribution in [0.5, 0.6) is 0 Å². The highest BCUT2D eigenvalue weighted by Crippen LogP contribution is 2.14. The van der Waals surface area contributed by atoms with Gasteiger partial charge in [-0.15, -0.1) is 0 Å². The van der Waals surface area contributed by atoms with E-state index in [0.717, 1.165) is 19.4 Å². The SMILES string of the molecule is CCCCOCCOCCOCCOC(=O)NCCC[Si](OC)(OC)OC. The van der Waals surface area contributed by atoms with Gasteiger partial charge in [-0.1, -0.05) is 13.3 Å².